The van der Waals surface area contributed by atoms with Gasteiger partial charge in [0.15, 0.2) is 5.95 Å². The van der Waals surface area contributed by atoms with E-state index in [2.05, 4.69) is 0 Å². The predicted octanol–water partition coefficient (Wildman–Crippen LogP) is 2.81. The van der Waals surface area contributed by atoms with Crippen LogP contribution in [0.15, 0.2) is 42.6 Å². The molecule has 0 amide bonds. The van der Waals surface area contributed by atoms with Crippen molar-refractivity contribution in [2.75, 3.05) is 0 Å². The van der Waals surface area contributed by atoms with E-state index in [0.717, 1.165) is 5.56 Å². The normalized spacial score (nSPS) is 10.4. The lowest BCUT2D eigenvalue weighted by Crippen LogP contribution is -2.00. The minimum Gasteiger partial charge on any atom is -0.321 e. The first-order chi connectivity index (χ1) is 6.75. The molecule has 1 nitrogen and oxygen atoms in total. The van der Waals surface area contributed by atoms with Crippen molar-refractivity contribution in [1.29, 1.82) is 0 Å². The summed E-state index contributed by atoms with van der Waals surface area (Å²) in [7, 11) is 0. The van der Waals surface area contributed by atoms with Crippen LogP contribution in [0.25, 0.3) is 0 Å². The lowest BCUT2D eigenvalue weighted by molar-refractivity contribution is 0.515. The molecule has 1 aromatic carbocycles. The number of hydrogen-bond donors (Lipinski definition) is 0. The van der Waals surface area contributed by atoms with E-state index in [4.69, 9.17) is 0 Å². The van der Waals surface area contributed by atoms with Gasteiger partial charge in [-0.1, -0.05) is 12.1 Å². The summed E-state index contributed by atoms with van der Waals surface area (Å²) >= 11 is 0. The van der Waals surface area contributed by atoms with Gasteiger partial charge in [-0.2, -0.15) is 4.39 Å². The fraction of sp³-hybridized carbons (Fsp3) is 0.0909. The van der Waals surface area contributed by atoms with Gasteiger partial charge in [-0.25, -0.2) is 4.39 Å². The molecular formula is C11H9F2N. The Kier molecular flexibility index (Phi) is 2.31. The fourth-order valence-electron chi connectivity index (χ4n) is 1.35. The van der Waals surface area contributed by atoms with Crippen molar-refractivity contribution >= 4 is 0 Å². The molecule has 0 unspecified atom stereocenters. The van der Waals surface area contributed by atoms with Crippen LogP contribution in [0.1, 0.15) is 5.56 Å². The van der Waals surface area contributed by atoms with Gasteiger partial charge in [0.1, 0.15) is 5.82 Å². The molecule has 1 aromatic heterocycles. The second-order valence-corrected chi connectivity index (χ2v) is 3.09. The van der Waals surface area contributed by atoms with Gasteiger partial charge in [0.25, 0.3) is 0 Å². The van der Waals surface area contributed by atoms with Gasteiger partial charge in [0.2, 0.25) is 0 Å². The minimum atomic E-state index is -0.311. The molecular weight excluding hydrogens is 184 g/mol. The van der Waals surface area contributed by atoms with E-state index in [1.807, 2.05) is 0 Å². The minimum absolute atomic E-state index is 0.296. The van der Waals surface area contributed by atoms with E-state index >= 15 is 0 Å². The van der Waals surface area contributed by atoms with E-state index in [1.165, 1.54) is 22.8 Å². The standard InChI is InChI=1S/C11H9F2N/c12-10-4-1-3-9(7-10)8-14-6-2-5-11(14)13/h1-7H,8H2. The molecule has 0 aliphatic rings. The zero-order valence-corrected chi connectivity index (χ0v) is 7.45. The van der Waals surface area contributed by atoms with E-state index in [-0.39, 0.29) is 11.8 Å². The van der Waals surface area contributed by atoms with Gasteiger partial charge in [-0.15, -0.1) is 0 Å². The zero-order valence-electron chi connectivity index (χ0n) is 7.45. The van der Waals surface area contributed by atoms with E-state index in [0.29, 0.717) is 6.54 Å². The summed E-state index contributed by atoms with van der Waals surface area (Å²) in [6, 6.07) is 9.15. The molecule has 0 saturated heterocycles. The molecule has 0 aliphatic heterocycles. The van der Waals surface area contributed by atoms with Crippen LogP contribution in [-0.2, 0) is 6.54 Å². The molecule has 14 heavy (non-hydrogen) atoms. The number of nitrogens with zero attached hydrogens (tertiary/aromatic N) is 1. The van der Waals surface area contributed by atoms with Gasteiger partial charge in [0, 0.05) is 12.7 Å². The number of halogens is 2. The fourth-order valence-corrected chi connectivity index (χ4v) is 1.35. The first-order valence-corrected chi connectivity index (χ1v) is 4.31. The number of hydrogen-bond acceptors (Lipinski definition) is 0. The molecule has 2 aromatic rings. The van der Waals surface area contributed by atoms with Crippen LogP contribution in [0.4, 0.5) is 8.78 Å². The number of benzene rings is 1. The smallest absolute Gasteiger partial charge is 0.193 e. The summed E-state index contributed by atoms with van der Waals surface area (Å²) in [4.78, 5) is 0. The molecule has 2 rings (SSSR count). The summed E-state index contributed by atoms with van der Waals surface area (Å²) < 4.78 is 27.2. The molecule has 0 spiro atoms. The predicted molar refractivity (Wildman–Crippen MR) is 49.9 cm³/mol. The molecule has 0 aliphatic carbocycles. The van der Waals surface area contributed by atoms with Crippen LogP contribution >= 0.6 is 0 Å². The Labute approximate surface area is 80.6 Å². The van der Waals surface area contributed by atoms with E-state index in [9.17, 15) is 8.78 Å². The third-order valence-corrected chi connectivity index (χ3v) is 2.02. The summed E-state index contributed by atoms with van der Waals surface area (Å²) in [5, 5.41) is 0. The number of rotatable bonds is 2. The van der Waals surface area contributed by atoms with Crippen LogP contribution in [0.2, 0.25) is 0 Å². The van der Waals surface area contributed by atoms with Crippen LogP contribution in [-0.4, -0.2) is 4.57 Å². The third kappa shape index (κ3) is 1.82. The molecule has 0 radical (unpaired) electrons. The Balaban J connectivity index is 2.23. The average Bonchev–Trinajstić information content (AvgIpc) is 2.52. The Morgan fingerprint density at radius 3 is 2.57 bits per heavy atom. The lowest BCUT2D eigenvalue weighted by Gasteiger charge is -2.03. The quantitative estimate of drug-likeness (QED) is 0.691. The van der Waals surface area contributed by atoms with Crippen molar-refractivity contribution in [1.82, 2.24) is 4.57 Å². The van der Waals surface area contributed by atoms with E-state index in [1.54, 1.807) is 24.4 Å². The first kappa shape index (κ1) is 8.94. The highest BCUT2D eigenvalue weighted by Crippen LogP contribution is 2.08. The Bertz CT molecular complexity index is 434. The summed E-state index contributed by atoms with van der Waals surface area (Å²) in [6.07, 6.45) is 1.63. The van der Waals surface area contributed by atoms with Gasteiger partial charge in [0.05, 0.1) is 0 Å². The third-order valence-electron chi connectivity index (χ3n) is 2.02. The molecule has 0 fully saturated rings. The van der Waals surface area contributed by atoms with Crippen molar-refractivity contribution < 1.29 is 8.78 Å². The lowest BCUT2D eigenvalue weighted by atomic mass is 10.2. The summed E-state index contributed by atoms with van der Waals surface area (Å²) in [5.74, 6) is -0.607. The molecule has 0 saturated carbocycles. The highest BCUT2D eigenvalue weighted by molar-refractivity contribution is 5.17. The largest absolute Gasteiger partial charge is 0.321 e. The Morgan fingerprint density at radius 1 is 1.07 bits per heavy atom. The van der Waals surface area contributed by atoms with Crippen molar-refractivity contribution in [3.05, 3.63) is 59.9 Å². The van der Waals surface area contributed by atoms with Gasteiger partial charge < -0.3 is 4.57 Å². The van der Waals surface area contributed by atoms with Crippen molar-refractivity contribution in [2.24, 2.45) is 0 Å². The zero-order chi connectivity index (χ0) is 9.97. The van der Waals surface area contributed by atoms with Crippen molar-refractivity contribution in [3.8, 4) is 0 Å². The molecule has 72 valence electrons. The second-order valence-electron chi connectivity index (χ2n) is 3.09. The van der Waals surface area contributed by atoms with Gasteiger partial charge in [-0.3, -0.25) is 0 Å². The highest BCUT2D eigenvalue weighted by Gasteiger charge is 2.00. The maximum absolute atomic E-state index is 13.0. The monoisotopic (exact) mass is 193 g/mol. The van der Waals surface area contributed by atoms with Crippen LogP contribution in [0, 0.1) is 11.8 Å². The Hall–Kier alpha value is -1.64. The highest BCUT2D eigenvalue weighted by atomic mass is 19.1. The summed E-state index contributed by atoms with van der Waals surface area (Å²) in [5.41, 5.74) is 0.750. The molecule has 0 bridgehead atoms. The van der Waals surface area contributed by atoms with Crippen LogP contribution < -0.4 is 0 Å². The molecule has 0 atom stereocenters. The van der Waals surface area contributed by atoms with Crippen LogP contribution in [0.5, 0.6) is 0 Å². The molecule has 0 N–H and O–H groups in total. The maximum Gasteiger partial charge on any atom is 0.193 e. The molecule has 1 heterocycles. The second kappa shape index (κ2) is 3.62. The Morgan fingerprint density at radius 2 is 1.93 bits per heavy atom. The van der Waals surface area contributed by atoms with Crippen molar-refractivity contribution in [3.63, 3.8) is 0 Å². The van der Waals surface area contributed by atoms with Crippen LogP contribution in [0.3, 0.4) is 0 Å². The SMILES string of the molecule is Fc1cccc(Cn2cccc2F)c1. The molecule has 3 heteroatoms. The number of aromatic nitrogens is 1. The topological polar surface area (TPSA) is 4.93 Å². The maximum atomic E-state index is 13.0. The first-order valence-electron chi connectivity index (χ1n) is 4.31. The summed E-state index contributed by atoms with van der Waals surface area (Å²) in [6.45, 7) is 0.358. The van der Waals surface area contributed by atoms with Crippen molar-refractivity contribution in [2.45, 2.75) is 6.54 Å². The van der Waals surface area contributed by atoms with E-state index < -0.39 is 0 Å². The van der Waals surface area contributed by atoms with Gasteiger partial charge >= 0.3 is 0 Å². The van der Waals surface area contributed by atoms with Gasteiger partial charge in [-0.05, 0) is 29.8 Å². The average molecular weight is 193 g/mol.